The van der Waals surface area contributed by atoms with Crippen molar-refractivity contribution in [3.63, 3.8) is 0 Å². The van der Waals surface area contributed by atoms with Crippen LogP contribution in [0, 0.1) is 11.8 Å². The molecule has 20 heavy (non-hydrogen) atoms. The molecule has 0 radical (unpaired) electrons. The number of hydrogen-bond acceptors (Lipinski definition) is 5. The van der Waals surface area contributed by atoms with Crippen LogP contribution in [-0.4, -0.2) is 16.0 Å². The van der Waals surface area contributed by atoms with Crippen LogP contribution >= 0.6 is 11.3 Å². The second-order valence-corrected chi connectivity index (χ2v) is 6.91. The standard InChI is InChI=1S/C15H22N4S/c1-9(2)10-5-3-4-6-12(10)17-13-11-7-8-20-14(11)19-15(16)18-13/h7-10,12H,3-6H2,1-2H3,(H3,16,17,18,19). The van der Waals surface area contributed by atoms with E-state index in [1.165, 1.54) is 25.7 Å². The Labute approximate surface area is 123 Å². The number of aromatic nitrogens is 2. The summed E-state index contributed by atoms with van der Waals surface area (Å²) in [7, 11) is 0. The number of fused-ring (bicyclic) bond motifs is 1. The number of anilines is 2. The van der Waals surface area contributed by atoms with E-state index in [-0.39, 0.29) is 0 Å². The van der Waals surface area contributed by atoms with Gasteiger partial charge in [0.15, 0.2) is 0 Å². The molecule has 1 saturated carbocycles. The fourth-order valence-corrected chi connectivity index (χ4v) is 4.07. The lowest BCUT2D eigenvalue weighted by Gasteiger charge is -2.35. The van der Waals surface area contributed by atoms with Gasteiger partial charge in [-0.3, -0.25) is 0 Å². The van der Waals surface area contributed by atoms with Gasteiger partial charge < -0.3 is 11.1 Å². The number of rotatable bonds is 3. The molecule has 0 spiro atoms. The predicted octanol–water partition coefficient (Wildman–Crippen LogP) is 3.90. The first-order valence-electron chi connectivity index (χ1n) is 7.42. The molecule has 2 heterocycles. The molecule has 2 atom stereocenters. The second-order valence-electron chi connectivity index (χ2n) is 6.01. The van der Waals surface area contributed by atoms with E-state index in [0.29, 0.717) is 23.8 Å². The van der Waals surface area contributed by atoms with Crippen molar-refractivity contribution in [2.75, 3.05) is 11.1 Å². The van der Waals surface area contributed by atoms with E-state index in [1.807, 2.05) is 5.38 Å². The molecule has 3 N–H and O–H groups in total. The van der Waals surface area contributed by atoms with Crippen LogP contribution in [-0.2, 0) is 0 Å². The van der Waals surface area contributed by atoms with Crippen LogP contribution in [0.1, 0.15) is 39.5 Å². The Balaban J connectivity index is 1.89. The molecule has 2 unspecified atom stereocenters. The lowest BCUT2D eigenvalue weighted by Crippen LogP contribution is -2.35. The average molecular weight is 290 g/mol. The summed E-state index contributed by atoms with van der Waals surface area (Å²) in [6.45, 7) is 4.64. The van der Waals surface area contributed by atoms with Crippen LogP contribution in [0.5, 0.6) is 0 Å². The minimum Gasteiger partial charge on any atom is -0.368 e. The fraction of sp³-hybridized carbons (Fsp3) is 0.600. The number of nitrogen functional groups attached to an aromatic ring is 1. The van der Waals surface area contributed by atoms with Crippen molar-refractivity contribution < 1.29 is 0 Å². The number of hydrogen-bond donors (Lipinski definition) is 2. The summed E-state index contributed by atoms with van der Waals surface area (Å²) in [6.07, 6.45) is 5.18. The van der Waals surface area contributed by atoms with Gasteiger partial charge in [0.1, 0.15) is 10.6 Å². The molecule has 0 amide bonds. The van der Waals surface area contributed by atoms with Gasteiger partial charge in [-0.05, 0) is 36.1 Å². The SMILES string of the molecule is CC(C)C1CCCCC1Nc1nc(N)nc2sccc12. The maximum atomic E-state index is 5.83. The Morgan fingerprint density at radius 1 is 1.30 bits per heavy atom. The largest absolute Gasteiger partial charge is 0.368 e. The smallest absolute Gasteiger partial charge is 0.223 e. The maximum absolute atomic E-state index is 5.83. The fourth-order valence-electron chi connectivity index (χ4n) is 3.29. The van der Waals surface area contributed by atoms with E-state index in [9.17, 15) is 0 Å². The van der Waals surface area contributed by atoms with Crippen molar-refractivity contribution in [2.24, 2.45) is 11.8 Å². The molecule has 0 saturated heterocycles. The molecule has 0 aliphatic heterocycles. The quantitative estimate of drug-likeness (QED) is 0.900. The molecule has 3 rings (SSSR count). The third kappa shape index (κ3) is 2.59. The van der Waals surface area contributed by atoms with E-state index in [1.54, 1.807) is 11.3 Å². The molecule has 1 aliphatic carbocycles. The third-order valence-electron chi connectivity index (χ3n) is 4.34. The van der Waals surface area contributed by atoms with Gasteiger partial charge in [-0.1, -0.05) is 26.7 Å². The van der Waals surface area contributed by atoms with Crippen LogP contribution < -0.4 is 11.1 Å². The first kappa shape index (κ1) is 13.6. The summed E-state index contributed by atoms with van der Waals surface area (Å²) in [5.74, 6) is 2.68. The zero-order chi connectivity index (χ0) is 14.1. The van der Waals surface area contributed by atoms with Crippen molar-refractivity contribution in [2.45, 2.75) is 45.6 Å². The molecule has 2 aromatic heterocycles. The van der Waals surface area contributed by atoms with Gasteiger partial charge in [0.2, 0.25) is 5.95 Å². The third-order valence-corrected chi connectivity index (χ3v) is 5.15. The number of thiophene rings is 1. The van der Waals surface area contributed by atoms with E-state index in [2.05, 4.69) is 35.2 Å². The molecule has 4 nitrogen and oxygen atoms in total. The van der Waals surface area contributed by atoms with Crippen molar-refractivity contribution in [3.8, 4) is 0 Å². The molecule has 108 valence electrons. The van der Waals surface area contributed by atoms with E-state index >= 15 is 0 Å². The molecule has 0 aromatic carbocycles. The summed E-state index contributed by atoms with van der Waals surface area (Å²) in [4.78, 5) is 9.68. The minimum atomic E-state index is 0.361. The average Bonchev–Trinajstić information content (AvgIpc) is 2.87. The molecular formula is C15H22N4S. The monoisotopic (exact) mass is 290 g/mol. The van der Waals surface area contributed by atoms with Crippen molar-refractivity contribution in [1.29, 1.82) is 0 Å². The lowest BCUT2D eigenvalue weighted by atomic mass is 9.78. The van der Waals surface area contributed by atoms with Crippen LogP contribution in [0.25, 0.3) is 10.2 Å². The zero-order valence-corrected chi connectivity index (χ0v) is 12.9. The highest BCUT2D eigenvalue weighted by Gasteiger charge is 2.28. The lowest BCUT2D eigenvalue weighted by molar-refractivity contribution is 0.253. The highest BCUT2D eigenvalue weighted by Crippen LogP contribution is 2.34. The molecule has 2 aromatic rings. The van der Waals surface area contributed by atoms with Gasteiger partial charge in [-0.2, -0.15) is 4.98 Å². The molecule has 5 heteroatoms. The first-order chi connectivity index (χ1) is 9.65. The zero-order valence-electron chi connectivity index (χ0n) is 12.1. The maximum Gasteiger partial charge on any atom is 0.223 e. The normalized spacial score (nSPS) is 23.4. The Kier molecular flexibility index (Phi) is 3.78. The molecule has 1 fully saturated rings. The minimum absolute atomic E-state index is 0.361. The second kappa shape index (κ2) is 5.56. The number of nitrogens with two attached hydrogens (primary N) is 1. The summed E-state index contributed by atoms with van der Waals surface area (Å²) < 4.78 is 0. The van der Waals surface area contributed by atoms with Gasteiger partial charge in [0.25, 0.3) is 0 Å². The Morgan fingerprint density at radius 2 is 2.10 bits per heavy atom. The highest BCUT2D eigenvalue weighted by molar-refractivity contribution is 7.16. The predicted molar refractivity (Wildman–Crippen MR) is 86.0 cm³/mol. The summed E-state index contributed by atoms with van der Waals surface area (Å²) in [6, 6.07) is 2.58. The van der Waals surface area contributed by atoms with Gasteiger partial charge in [-0.15, -0.1) is 11.3 Å². The van der Waals surface area contributed by atoms with E-state index < -0.39 is 0 Å². The molecular weight excluding hydrogens is 268 g/mol. The van der Waals surface area contributed by atoms with Crippen LogP contribution in [0.4, 0.5) is 11.8 Å². The van der Waals surface area contributed by atoms with Crippen LogP contribution in [0.2, 0.25) is 0 Å². The Hall–Kier alpha value is -1.36. The summed E-state index contributed by atoms with van der Waals surface area (Å²) in [5.41, 5.74) is 5.83. The van der Waals surface area contributed by atoms with Crippen molar-refractivity contribution in [3.05, 3.63) is 11.4 Å². The molecule has 1 aliphatic rings. The summed E-state index contributed by atoms with van der Waals surface area (Å²) in [5, 5.41) is 6.80. The van der Waals surface area contributed by atoms with E-state index in [4.69, 9.17) is 5.73 Å². The first-order valence-corrected chi connectivity index (χ1v) is 8.30. The van der Waals surface area contributed by atoms with Crippen molar-refractivity contribution >= 4 is 33.3 Å². The van der Waals surface area contributed by atoms with Crippen molar-refractivity contribution in [1.82, 2.24) is 9.97 Å². The van der Waals surface area contributed by atoms with Gasteiger partial charge in [0.05, 0.1) is 5.39 Å². The number of nitrogens with one attached hydrogen (secondary N) is 1. The van der Waals surface area contributed by atoms with Gasteiger partial charge in [0, 0.05) is 6.04 Å². The van der Waals surface area contributed by atoms with E-state index in [0.717, 1.165) is 16.0 Å². The Morgan fingerprint density at radius 3 is 2.90 bits per heavy atom. The topological polar surface area (TPSA) is 63.8 Å². The van der Waals surface area contributed by atoms with Gasteiger partial charge in [-0.25, -0.2) is 4.98 Å². The number of nitrogens with zero attached hydrogens (tertiary/aromatic N) is 2. The molecule has 0 bridgehead atoms. The summed E-state index contributed by atoms with van der Waals surface area (Å²) >= 11 is 1.61. The van der Waals surface area contributed by atoms with Gasteiger partial charge >= 0.3 is 0 Å². The van der Waals surface area contributed by atoms with Crippen LogP contribution in [0.3, 0.4) is 0 Å². The Bertz CT molecular complexity index is 593. The highest BCUT2D eigenvalue weighted by atomic mass is 32.1. The van der Waals surface area contributed by atoms with Crippen LogP contribution in [0.15, 0.2) is 11.4 Å².